The van der Waals surface area contributed by atoms with E-state index in [0.29, 0.717) is 18.0 Å². The number of nitrogens with zero attached hydrogens (tertiary/aromatic N) is 1. The lowest BCUT2D eigenvalue weighted by atomic mass is 10.1. The number of nitrogens with one attached hydrogen (secondary N) is 2. The maximum atomic E-state index is 10.0. The highest BCUT2D eigenvalue weighted by Gasteiger charge is 2.11. The number of phenolic OH excluding ortho intramolecular Hbond substituents is 1. The van der Waals surface area contributed by atoms with Crippen LogP contribution < -0.4 is 20.1 Å². The summed E-state index contributed by atoms with van der Waals surface area (Å²) < 4.78 is 10.4. The molecule has 0 aromatic heterocycles. The van der Waals surface area contributed by atoms with Gasteiger partial charge < -0.3 is 25.2 Å². The Morgan fingerprint density at radius 1 is 1.07 bits per heavy atom. The standard InChI is InChI=1S/C22H31N3O3.HI/c1-5-23-22(25-16(2)11-12-17-9-7-6-8-10-17)24-15-18-13-19(27-3)21(26)20(14-18)28-4;/h6-10,13-14,16,26H,5,11-12,15H2,1-4H3,(H2,23,24,25);1H. The molecule has 0 aliphatic heterocycles. The molecule has 0 saturated carbocycles. The van der Waals surface area contributed by atoms with E-state index in [-0.39, 0.29) is 35.8 Å². The minimum absolute atomic E-state index is 0. The first kappa shape index (κ1) is 24.9. The van der Waals surface area contributed by atoms with Crippen molar-refractivity contribution < 1.29 is 14.6 Å². The molecule has 6 nitrogen and oxygen atoms in total. The van der Waals surface area contributed by atoms with Crippen LogP contribution >= 0.6 is 24.0 Å². The number of methoxy groups -OCH3 is 2. The normalized spacial score (nSPS) is 11.9. The van der Waals surface area contributed by atoms with Crippen LogP contribution in [0, 0.1) is 0 Å². The number of aliphatic imine (C=N–C) groups is 1. The number of hydrogen-bond donors (Lipinski definition) is 3. The minimum atomic E-state index is -0.00250. The van der Waals surface area contributed by atoms with E-state index in [1.807, 2.05) is 13.0 Å². The fourth-order valence-corrected chi connectivity index (χ4v) is 2.86. The zero-order chi connectivity index (χ0) is 20.4. The molecule has 1 unspecified atom stereocenters. The van der Waals surface area contributed by atoms with Gasteiger partial charge in [-0.25, -0.2) is 4.99 Å². The smallest absolute Gasteiger partial charge is 0.200 e. The first-order chi connectivity index (χ1) is 13.6. The Bertz CT molecular complexity index is 744. The molecule has 0 fully saturated rings. The molecule has 0 aliphatic carbocycles. The second-order valence-electron chi connectivity index (χ2n) is 6.61. The maximum Gasteiger partial charge on any atom is 0.200 e. The highest BCUT2D eigenvalue weighted by Crippen LogP contribution is 2.37. The lowest BCUT2D eigenvalue weighted by Gasteiger charge is -2.18. The van der Waals surface area contributed by atoms with E-state index >= 15 is 0 Å². The van der Waals surface area contributed by atoms with Crippen LogP contribution in [0.4, 0.5) is 0 Å². The number of rotatable bonds is 9. The van der Waals surface area contributed by atoms with Crippen LogP contribution in [-0.4, -0.2) is 37.9 Å². The van der Waals surface area contributed by atoms with E-state index in [2.05, 4.69) is 46.8 Å². The summed E-state index contributed by atoms with van der Waals surface area (Å²) in [6, 6.07) is 14.3. The van der Waals surface area contributed by atoms with Gasteiger partial charge in [0, 0.05) is 12.6 Å². The quantitative estimate of drug-likeness (QED) is 0.268. The molecule has 2 aromatic rings. The number of aryl methyl sites for hydroxylation is 1. The van der Waals surface area contributed by atoms with Crippen molar-refractivity contribution in [3.63, 3.8) is 0 Å². The lowest BCUT2D eigenvalue weighted by Crippen LogP contribution is -2.42. The molecule has 2 aromatic carbocycles. The van der Waals surface area contributed by atoms with E-state index < -0.39 is 0 Å². The summed E-state index contributed by atoms with van der Waals surface area (Å²) in [6.07, 6.45) is 2.02. The molecule has 0 bridgehead atoms. The summed E-state index contributed by atoms with van der Waals surface area (Å²) >= 11 is 0. The zero-order valence-corrected chi connectivity index (χ0v) is 19.9. The Labute approximate surface area is 190 Å². The summed E-state index contributed by atoms with van der Waals surface area (Å²) in [5.41, 5.74) is 2.22. The van der Waals surface area contributed by atoms with E-state index in [1.54, 1.807) is 12.1 Å². The molecular weight excluding hydrogens is 481 g/mol. The SMILES string of the molecule is CCNC(=NCc1cc(OC)c(O)c(OC)c1)NC(C)CCc1ccccc1.I. The maximum absolute atomic E-state index is 10.0. The second-order valence-corrected chi connectivity index (χ2v) is 6.61. The Morgan fingerprint density at radius 2 is 1.69 bits per heavy atom. The fraction of sp³-hybridized carbons (Fsp3) is 0.409. The van der Waals surface area contributed by atoms with Crippen molar-refractivity contribution in [2.24, 2.45) is 4.99 Å². The van der Waals surface area contributed by atoms with Crippen LogP contribution in [0.1, 0.15) is 31.4 Å². The second kappa shape index (κ2) is 13.1. The first-order valence-electron chi connectivity index (χ1n) is 9.60. The number of hydrogen-bond acceptors (Lipinski definition) is 4. The third-order valence-corrected chi connectivity index (χ3v) is 4.40. The predicted molar refractivity (Wildman–Crippen MR) is 129 cm³/mol. The van der Waals surface area contributed by atoms with Crippen molar-refractivity contribution in [2.75, 3.05) is 20.8 Å². The van der Waals surface area contributed by atoms with Crippen LogP contribution in [0.3, 0.4) is 0 Å². The van der Waals surface area contributed by atoms with Gasteiger partial charge in [-0.05, 0) is 49.9 Å². The van der Waals surface area contributed by atoms with Crippen molar-refractivity contribution in [2.45, 2.75) is 39.3 Å². The van der Waals surface area contributed by atoms with Crippen LogP contribution in [0.25, 0.3) is 0 Å². The Kier molecular flexibility index (Phi) is 11.3. The highest BCUT2D eigenvalue weighted by molar-refractivity contribution is 14.0. The molecular formula is C22H32IN3O3. The van der Waals surface area contributed by atoms with Gasteiger partial charge in [-0.3, -0.25) is 0 Å². The van der Waals surface area contributed by atoms with Crippen molar-refractivity contribution in [1.29, 1.82) is 0 Å². The van der Waals surface area contributed by atoms with Gasteiger partial charge in [0.2, 0.25) is 5.75 Å². The third kappa shape index (κ3) is 8.00. The number of ether oxygens (including phenoxy) is 2. The van der Waals surface area contributed by atoms with Gasteiger partial charge in [-0.2, -0.15) is 0 Å². The molecule has 3 N–H and O–H groups in total. The van der Waals surface area contributed by atoms with Crippen LogP contribution in [0.15, 0.2) is 47.5 Å². The number of phenols is 1. The average Bonchev–Trinajstić information content (AvgIpc) is 2.72. The Hall–Kier alpha value is -2.16. The highest BCUT2D eigenvalue weighted by atomic mass is 127. The van der Waals surface area contributed by atoms with Crippen LogP contribution in [0.2, 0.25) is 0 Å². The van der Waals surface area contributed by atoms with Crippen molar-refractivity contribution >= 4 is 29.9 Å². The van der Waals surface area contributed by atoms with Crippen LogP contribution in [-0.2, 0) is 13.0 Å². The third-order valence-electron chi connectivity index (χ3n) is 4.40. The van der Waals surface area contributed by atoms with Gasteiger partial charge in [0.1, 0.15) is 0 Å². The van der Waals surface area contributed by atoms with Gasteiger partial charge in [0.05, 0.1) is 20.8 Å². The van der Waals surface area contributed by atoms with E-state index in [0.717, 1.165) is 30.9 Å². The largest absolute Gasteiger partial charge is 0.502 e. The van der Waals surface area contributed by atoms with E-state index in [9.17, 15) is 5.11 Å². The molecule has 0 heterocycles. The van der Waals surface area contributed by atoms with Gasteiger partial charge in [-0.15, -0.1) is 24.0 Å². The lowest BCUT2D eigenvalue weighted by molar-refractivity contribution is 0.339. The summed E-state index contributed by atoms with van der Waals surface area (Å²) in [5, 5.41) is 16.8. The minimum Gasteiger partial charge on any atom is -0.502 e. The molecule has 1 atom stereocenters. The van der Waals surface area contributed by atoms with Crippen molar-refractivity contribution in [1.82, 2.24) is 10.6 Å². The molecule has 160 valence electrons. The first-order valence-corrected chi connectivity index (χ1v) is 9.60. The summed E-state index contributed by atoms with van der Waals surface area (Å²) in [5.74, 6) is 1.50. The monoisotopic (exact) mass is 513 g/mol. The number of benzene rings is 2. The van der Waals surface area contributed by atoms with Gasteiger partial charge in [0.15, 0.2) is 17.5 Å². The predicted octanol–water partition coefficient (Wildman–Crippen LogP) is 4.10. The van der Waals surface area contributed by atoms with Crippen molar-refractivity contribution in [3.8, 4) is 17.2 Å². The molecule has 0 saturated heterocycles. The van der Waals surface area contributed by atoms with Gasteiger partial charge in [0.25, 0.3) is 0 Å². The Balaban J connectivity index is 0.00000420. The molecule has 0 aliphatic rings. The van der Waals surface area contributed by atoms with E-state index in [1.165, 1.54) is 19.8 Å². The summed E-state index contributed by atoms with van der Waals surface area (Å²) in [7, 11) is 3.03. The molecule has 0 amide bonds. The molecule has 2 rings (SSSR count). The average molecular weight is 513 g/mol. The number of aromatic hydroxyl groups is 1. The molecule has 0 radical (unpaired) electrons. The van der Waals surface area contributed by atoms with Crippen molar-refractivity contribution in [3.05, 3.63) is 53.6 Å². The summed E-state index contributed by atoms with van der Waals surface area (Å²) in [6.45, 7) is 5.41. The Morgan fingerprint density at radius 3 is 2.24 bits per heavy atom. The van der Waals surface area contributed by atoms with E-state index in [4.69, 9.17) is 9.47 Å². The summed E-state index contributed by atoms with van der Waals surface area (Å²) in [4.78, 5) is 4.66. The number of guanidine groups is 1. The van der Waals surface area contributed by atoms with Gasteiger partial charge >= 0.3 is 0 Å². The van der Waals surface area contributed by atoms with Gasteiger partial charge in [-0.1, -0.05) is 30.3 Å². The zero-order valence-electron chi connectivity index (χ0n) is 17.6. The molecule has 7 heteroatoms. The molecule has 29 heavy (non-hydrogen) atoms. The topological polar surface area (TPSA) is 75.1 Å². The van der Waals surface area contributed by atoms with Crippen LogP contribution in [0.5, 0.6) is 17.2 Å². The number of halogens is 1. The molecule has 0 spiro atoms. The fourth-order valence-electron chi connectivity index (χ4n) is 2.86.